The van der Waals surface area contributed by atoms with Gasteiger partial charge in [0.15, 0.2) is 0 Å². The Kier molecular flexibility index (Phi) is 4.98. The third-order valence-corrected chi connectivity index (χ3v) is 3.59. The first-order valence-corrected chi connectivity index (χ1v) is 6.21. The monoisotopic (exact) mass is 318 g/mol. The Bertz CT molecular complexity index is 390. The number of nitrogens with one attached hydrogen (secondary N) is 1. The summed E-state index contributed by atoms with van der Waals surface area (Å²) in [5.41, 5.74) is 6.40. The SMILES string of the molecule is Cl.NC1(C(=O)NCc2ccc(Br)cc2)CCC1. The van der Waals surface area contributed by atoms with Crippen LogP contribution in [0.2, 0.25) is 0 Å². The lowest BCUT2D eigenvalue weighted by Crippen LogP contribution is -2.58. The van der Waals surface area contributed by atoms with Crippen LogP contribution in [0.1, 0.15) is 24.8 Å². The van der Waals surface area contributed by atoms with Gasteiger partial charge in [-0.25, -0.2) is 0 Å². The molecule has 1 aliphatic carbocycles. The molecule has 1 fully saturated rings. The topological polar surface area (TPSA) is 55.1 Å². The molecule has 0 aliphatic heterocycles. The Hall–Kier alpha value is -0.580. The zero-order chi connectivity index (χ0) is 11.6. The van der Waals surface area contributed by atoms with Gasteiger partial charge in [-0.1, -0.05) is 28.1 Å². The van der Waals surface area contributed by atoms with Crippen molar-refractivity contribution >= 4 is 34.2 Å². The molecule has 1 aromatic rings. The molecule has 0 aromatic heterocycles. The van der Waals surface area contributed by atoms with Gasteiger partial charge in [-0.2, -0.15) is 0 Å². The molecule has 0 atom stereocenters. The normalized spacial score (nSPS) is 16.6. The lowest BCUT2D eigenvalue weighted by atomic mass is 9.77. The van der Waals surface area contributed by atoms with E-state index in [1.807, 2.05) is 24.3 Å². The van der Waals surface area contributed by atoms with Crippen LogP contribution in [0.15, 0.2) is 28.7 Å². The maximum Gasteiger partial charge on any atom is 0.240 e. The van der Waals surface area contributed by atoms with Gasteiger partial charge in [0.25, 0.3) is 0 Å². The first kappa shape index (κ1) is 14.5. The van der Waals surface area contributed by atoms with Crippen LogP contribution in [-0.4, -0.2) is 11.4 Å². The highest BCUT2D eigenvalue weighted by Gasteiger charge is 2.39. The summed E-state index contributed by atoms with van der Waals surface area (Å²) in [4.78, 5) is 11.7. The number of benzene rings is 1. The van der Waals surface area contributed by atoms with E-state index in [2.05, 4.69) is 21.2 Å². The largest absolute Gasteiger partial charge is 0.350 e. The highest BCUT2D eigenvalue weighted by molar-refractivity contribution is 9.10. The second-order valence-electron chi connectivity index (χ2n) is 4.32. The second-order valence-corrected chi connectivity index (χ2v) is 5.23. The van der Waals surface area contributed by atoms with Crippen molar-refractivity contribution in [2.75, 3.05) is 0 Å². The first-order chi connectivity index (χ1) is 7.60. The van der Waals surface area contributed by atoms with Crippen LogP contribution in [0.5, 0.6) is 0 Å². The minimum Gasteiger partial charge on any atom is -0.350 e. The quantitative estimate of drug-likeness (QED) is 0.898. The van der Waals surface area contributed by atoms with Crippen molar-refractivity contribution in [1.29, 1.82) is 0 Å². The van der Waals surface area contributed by atoms with Crippen LogP contribution in [0.4, 0.5) is 0 Å². The van der Waals surface area contributed by atoms with Gasteiger partial charge in [0.2, 0.25) is 5.91 Å². The first-order valence-electron chi connectivity index (χ1n) is 5.42. The molecular formula is C12H16BrClN2O. The molecule has 1 amide bonds. The molecule has 17 heavy (non-hydrogen) atoms. The standard InChI is InChI=1S/C12H15BrN2O.ClH/c13-10-4-2-9(3-5-10)8-15-11(16)12(14)6-1-7-12;/h2-5H,1,6-8,14H2,(H,15,16);1H. The van der Waals surface area contributed by atoms with Gasteiger partial charge in [0.1, 0.15) is 0 Å². The van der Waals surface area contributed by atoms with Gasteiger partial charge in [0.05, 0.1) is 5.54 Å². The number of hydrogen-bond donors (Lipinski definition) is 2. The summed E-state index contributed by atoms with van der Waals surface area (Å²) in [6, 6.07) is 7.88. The fraction of sp³-hybridized carbons (Fsp3) is 0.417. The van der Waals surface area contributed by atoms with Gasteiger partial charge in [-0.15, -0.1) is 12.4 Å². The van der Waals surface area contributed by atoms with E-state index in [0.29, 0.717) is 6.54 Å². The molecule has 1 saturated carbocycles. The van der Waals surface area contributed by atoms with E-state index in [1.165, 1.54) is 0 Å². The highest BCUT2D eigenvalue weighted by atomic mass is 79.9. The highest BCUT2D eigenvalue weighted by Crippen LogP contribution is 2.29. The van der Waals surface area contributed by atoms with Crippen molar-refractivity contribution in [3.05, 3.63) is 34.3 Å². The number of nitrogens with two attached hydrogens (primary N) is 1. The van der Waals surface area contributed by atoms with E-state index in [1.54, 1.807) is 0 Å². The fourth-order valence-electron chi connectivity index (χ4n) is 1.75. The van der Waals surface area contributed by atoms with Crippen molar-refractivity contribution in [2.24, 2.45) is 5.73 Å². The smallest absolute Gasteiger partial charge is 0.240 e. The molecule has 0 radical (unpaired) electrons. The maximum atomic E-state index is 11.7. The molecule has 5 heteroatoms. The number of hydrogen-bond acceptors (Lipinski definition) is 2. The van der Waals surface area contributed by atoms with Gasteiger partial charge < -0.3 is 11.1 Å². The van der Waals surface area contributed by atoms with E-state index in [9.17, 15) is 4.79 Å². The van der Waals surface area contributed by atoms with Crippen molar-refractivity contribution in [2.45, 2.75) is 31.3 Å². The van der Waals surface area contributed by atoms with Crippen LogP contribution in [0, 0.1) is 0 Å². The predicted octanol–water partition coefficient (Wildman–Crippen LogP) is 2.37. The van der Waals surface area contributed by atoms with E-state index < -0.39 is 5.54 Å². The third-order valence-electron chi connectivity index (χ3n) is 3.06. The Morgan fingerprint density at radius 2 is 1.94 bits per heavy atom. The fourth-order valence-corrected chi connectivity index (χ4v) is 2.01. The molecule has 0 heterocycles. The van der Waals surface area contributed by atoms with Crippen molar-refractivity contribution < 1.29 is 4.79 Å². The average Bonchev–Trinajstić information content (AvgIpc) is 2.24. The van der Waals surface area contributed by atoms with E-state index >= 15 is 0 Å². The molecular weight excluding hydrogens is 304 g/mol. The second kappa shape index (κ2) is 5.85. The van der Waals surface area contributed by atoms with Gasteiger partial charge >= 0.3 is 0 Å². The molecule has 0 spiro atoms. The Morgan fingerprint density at radius 3 is 2.41 bits per heavy atom. The van der Waals surface area contributed by atoms with Crippen LogP contribution in [-0.2, 0) is 11.3 Å². The van der Waals surface area contributed by atoms with Crippen molar-refractivity contribution in [1.82, 2.24) is 5.32 Å². The average molecular weight is 320 g/mol. The minimum absolute atomic E-state index is 0. The van der Waals surface area contributed by atoms with Crippen LogP contribution >= 0.6 is 28.3 Å². The van der Waals surface area contributed by atoms with Gasteiger partial charge in [0, 0.05) is 11.0 Å². The molecule has 0 unspecified atom stereocenters. The zero-order valence-electron chi connectivity index (χ0n) is 9.41. The Balaban J connectivity index is 0.00000144. The maximum absolute atomic E-state index is 11.7. The molecule has 94 valence electrons. The number of amides is 1. The number of rotatable bonds is 3. The van der Waals surface area contributed by atoms with E-state index in [-0.39, 0.29) is 18.3 Å². The van der Waals surface area contributed by atoms with Crippen LogP contribution < -0.4 is 11.1 Å². The summed E-state index contributed by atoms with van der Waals surface area (Å²) in [6.07, 6.45) is 2.67. The Labute approximate surface area is 116 Å². The molecule has 3 nitrogen and oxygen atoms in total. The molecule has 3 N–H and O–H groups in total. The summed E-state index contributed by atoms with van der Waals surface area (Å²) in [7, 11) is 0. The summed E-state index contributed by atoms with van der Waals surface area (Å²) < 4.78 is 1.04. The molecule has 1 aromatic carbocycles. The van der Waals surface area contributed by atoms with Gasteiger partial charge in [-0.3, -0.25) is 4.79 Å². The summed E-state index contributed by atoms with van der Waals surface area (Å²) in [5, 5.41) is 2.88. The lowest BCUT2D eigenvalue weighted by Gasteiger charge is -2.36. The molecule has 2 rings (SSSR count). The lowest BCUT2D eigenvalue weighted by molar-refractivity contribution is -0.129. The number of carbonyl (C=O) groups excluding carboxylic acids is 1. The third kappa shape index (κ3) is 3.44. The summed E-state index contributed by atoms with van der Waals surface area (Å²) in [6.45, 7) is 0.547. The van der Waals surface area contributed by atoms with Gasteiger partial charge in [-0.05, 0) is 37.0 Å². The summed E-state index contributed by atoms with van der Waals surface area (Å²) in [5.74, 6) is -0.0262. The van der Waals surface area contributed by atoms with Crippen LogP contribution in [0.25, 0.3) is 0 Å². The predicted molar refractivity (Wildman–Crippen MR) is 74.0 cm³/mol. The molecule has 0 bridgehead atoms. The zero-order valence-corrected chi connectivity index (χ0v) is 11.8. The van der Waals surface area contributed by atoms with E-state index in [0.717, 1.165) is 29.3 Å². The number of halogens is 2. The van der Waals surface area contributed by atoms with E-state index in [4.69, 9.17) is 5.73 Å². The number of carbonyl (C=O) groups is 1. The van der Waals surface area contributed by atoms with Crippen LogP contribution in [0.3, 0.4) is 0 Å². The molecule has 0 saturated heterocycles. The van der Waals surface area contributed by atoms with Crippen molar-refractivity contribution in [3.63, 3.8) is 0 Å². The summed E-state index contributed by atoms with van der Waals surface area (Å²) >= 11 is 3.37. The Morgan fingerprint density at radius 1 is 1.35 bits per heavy atom. The van der Waals surface area contributed by atoms with Crippen molar-refractivity contribution in [3.8, 4) is 0 Å². The minimum atomic E-state index is -0.602. The molecule has 1 aliphatic rings.